The molecule has 1 aliphatic carbocycles. The van der Waals surface area contributed by atoms with Crippen molar-refractivity contribution in [2.45, 2.75) is 25.3 Å². The van der Waals surface area contributed by atoms with E-state index in [0.717, 1.165) is 23.4 Å². The molecule has 18 heavy (non-hydrogen) atoms. The fourth-order valence-corrected chi connectivity index (χ4v) is 2.90. The first-order chi connectivity index (χ1) is 8.79. The summed E-state index contributed by atoms with van der Waals surface area (Å²) in [7, 11) is 0. The van der Waals surface area contributed by atoms with Crippen molar-refractivity contribution in [2.75, 3.05) is 0 Å². The largest absolute Gasteiger partial charge is 0.326 e. The van der Waals surface area contributed by atoms with Crippen molar-refractivity contribution in [1.29, 1.82) is 0 Å². The van der Waals surface area contributed by atoms with Gasteiger partial charge in [-0.05, 0) is 41.7 Å². The van der Waals surface area contributed by atoms with Crippen molar-refractivity contribution in [3.8, 4) is 0 Å². The van der Waals surface area contributed by atoms with Crippen molar-refractivity contribution in [3.05, 3.63) is 63.9 Å². The minimum Gasteiger partial charge on any atom is -0.326 e. The second kappa shape index (κ2) is 4.71. The molecule has 2 N–H and O–H groups in total. The lowest BCUT2D eigenvalue weighted by Crippen LogP contribution is -2.02. The van der Waals surface area contributed by atoms with Crippen molar-refractivity contribution in [3.63, 3.8) is 0 Å². The summed E-state index contributed by atoms with van der Waals surface area (Å²) < 4.78 is 0. The highest BCUT2D eigenvalue weighted by Gasteiger charge is 2.25. The molecule has 1 heterocycles. The van der Waals surface area contributed by atoms with Crippen LogP contribution in [0.3, 0.4) is 0 Å². The van der Waals surface area contributed by atoms with E-state index >= 15 is 0 Å². The third-order valence-electron chi connectivity index (χ3n) is 3.65. The molecular formula is C15H15ClN2. The number of benzene rings is 1. The fraction of sp³-hybridized carbons (Fsp3) is 0.267. The maximum Gasteiger partial charge on any atom is 0.0510 e. The van der Waals surface area contributed by atoms with Gasteiger partial charge in [-0.15, -0.1) is 0 Å². The van der Waals surface area contributed by atoms with Crippen molar-refractivity contribution in [1.82, 2.24) is 4.98 Å². The number of aromatic nitrogens is 1. The molecule has 0 radical (unpaired) electrons. The monoisotopic (exact) mass is 258 g/mol. The van der Waals surface area contributed by atoms with Gasteiger partial charge in [0.1, 0.15) is 0 Å². The SMILES string of the molecule is NCc1cc(C2CCc3cccnc32)ccc1Cl. The number of nitrogens with zero attached hydrogens (tertiary/aromatic N) is 1. The van der Waals surface area contributed by atoms with Crippen LogP contribution in [0, 0.1) is 0 Å². The summed E-state index contributed by atoms with van der Waals surface area (Å²) >= 11 is 6.11. The first-order valence-electron chi connectivity index (χ1n) is 6.22. The van der Waals surface area contributed by atoms with Gasteiger partial charge in [0.25, 0.3) is 0 Å². The number of fused-ring (bicyclic) bond motifs is 1. The van der Waals surface area contributed by atoms with Gasteiger partial charge >= 0.3 is 0 Å². The van der Waals surface area contributed by atoms with Crippen LogP contribution in [0.25, 0.3) is 0 Å². The number of hydrogen-bond donors (Lipinski definition) is 1. The minimum atomic E-state index is 0.392. The van der Waals surface area contributed by atoms with Gasteiger partial charge in [0.05, 0.1) is 5.69 Å². The summed E-state index contributed by atoms with van der Waals surface area (Å²) in [5, 5.41) is 0.750. The number of halogens is 1. The Hall–Kier alpha value is -1.38. The third-order valence-corrected chi connectivity index (χ3v) is 4.02. The zero-order valence-electron chi connectivity index (χ0n) is 10.1. The number of pyridine rings is 1. The number of rotatable bonds is 2. The van der Waals surface area contributed by atoms with Crippen LogP contribution in [0.1, 0.15) is 34.7 Å². The molecule has 1 aromatic heterocycles. The van der Waals surface area contributed by atoms with E-state index in [0.29, 0.717) is 12.5 Å². The van der Waals surface area contributed by atoms with Crippen LogP contribution in [-0.2, 0) is 13.0 Å². The molecular weight excluding hydrogens is 244 g/mol. The van der Waals surface area contributed by atoms with E-state index in [9.17, 15) is 0 Å². The summed E-state index contributed by atoms with van der Waals surface area (Å²) in [6.45, 7) is 0.481. The van der Waals surface area contributed by atoms with E-state index in [-0.39, 0.29) is 0 Å². The summed E-state index contributed by atoms with van der Waals surface area (Å²) in [5.41, 5.74) is 10.6. The second-order valence-corrected chi connectivity index (χ2v) is 5.10. The molecule has 0 spiro atoms. The van der Waals surface area contributed by atoms with Gasteiger partial charge in [-0.1, -0.05) is 29.8 Å². The van der Waals surface area contributed by atoms with Crippen LogP contribution in [0.4, 0.5) is 0 Å². The molecule has 3 rings (SSSR count). The molecule has 1 unspecified atom stereocenters. The number of hydrogen-bond acceptors (Lipinski definition) is 2. The first kappa shape index (κ1) is 11.7. The average Bonchev–Trinajstić information content (AvgIpc) is 2.83. The van der Waals surface area contributed by atoms with Gasteiger partial charge in [-0.25, -0.2) is 0 Å². The normalized spacial score (nSPS) is 17.8. The summed E-state index contributed by atoms with van der Waals surface area (Å²) in [6, 6.07) is 10.3. The Morgan fingerprint density at radius 3 is 3.06 bits per heavy atom. The van der Waals surface area contributed by atoms with Crippen LogP contribution in [0.15, 0.2) is 36.5 Å². The molecule has 2 nitrogen and oxygen atoms in total. The highest BCUT2D eigenvalue weighted by molar-refractivity contribution is 6.31. The Balaban J connectivity index is 2.02. The van der Waals surface area contributed by atoms with Gasteiger partial charge < -0.3 is 5.73 Å². The summed E-state index contributed by atoms with van der Waals surface area (Å²) in [5.74, 6) is 0.392. The Bertz CT molecular complexity index is 580. The van der Waals surface area contributed by atoms with Crippen LogP contribution < -0.4 is 5.73 Å². The van der Waals surface area contributed by atoms with E-state index in [4.69, 9.17) is 17.3 Å². The van der Waals surface area contributed by atoms with Crippen molar-refractivity contribution in [2.24, 2.45) is 5.73 Å². The summed E-state index contributed by atoms with van der Waals surface area (Å²) in [4.78, 5) is 4.53. The van der Waals surface area contributed by atoms with Crippen LogP contribution in [0.5, 0.6) is 0 Å². The van der Waals surface area contributed by atoms with Crippen LogP contribution in [-0.4, -0.2) is 4.98 Å². The molecule has 1 atom stereocenters. The maximum atomic E-state index is 6.11. The number of nitrogens with two attached hydrogens (primary N) is 1. The standard InChI is InChI=1S/C15H15ClN2/c16-14-6-4-11(8-12(14)9-17)13-5-3-10-2-1-7-18-15(10)13/h1-2,4,6-8,13H,3,5,9,17H2. The highest BCUT2D eigenvalue weighted by atomic mass is 35.5. The highest BCUT2D eigenvalue weighted by Crippen LogP contribution is 2.37. The van der Waals surface area contributed by atoms with Gasteiger partial charge in [0, 0.05) is 23.7 Å². The lowest BCUT2D eigenvalue weighted by Gasteiger charge is -2.13. The zero-order valence-corrected chi connectivity index (χ0v) is 10.8. The van der Waals surface area contributed by atoms with E-state index in [1.54, 1.807) is 0 Å². The third kappa shape index (κ3) is 1.92. The molecule has 0 aliphatic heterocycles. The Morgan fingerprint density at radius 2 is 2.22 bits per heavy atom. The van der Waals surface area contributed by atoms with Gasteiger partial charge in [0.15, 0.2) is 0 Å². The fourth-order valence-electron chi connectivity index (χ4n) is 2.70. The Morgan fingerprint density at radius 1 is 1.33 bits per heavy atom. The maximum absolute atomic E-state index is 6.11. The average molecular weight is 259 g/mol. The molecule has 92 valence electrons. The smallest absolute Gasteiger partial charge is 0.0510 e. The zero-order chi connectivity index (χ0) is 12.5. The summed E-state index contributed by atoms with van der Waals surface area (Å²) in [6.07, 6.45) is 4.10. The van der Waals surface area contributed by atoms with Gasteiger partial charge in [0.2, 0.25) is 0 Å². The molecule has 2 aromatic rings. The Kier molecular flexibility index (Phi) is 3.06. The minimum absolute atomic E-state index is 0.392. The molecule has 0 bridgehead atoms. The quantitative estimate of drug-likeness (QED) is 0.898. The second-order valence-electron chi connectivity index (χ2n) is 4.69. The predicted octanol–water partition coefficient (Wildman–Crippen LogP) is 3.27. The molecule has 3 heteroatoms. The van der Waals surface area contributed by atoms with E-state index in [2.05, 4.69) is 23.2 Å². The van der Waals surface area contributed by atoms with Crippen LogP contribution >= 0.6 is 11.6 Å². The predicted molar refractivity (Wildman–Crippen MR) is 73.7 cm³/mol. The molecule has 0 fully saturated rings. The molecule has 1 aromatic carbocycles. The Labute approximate surface area is 112 Å². The van der Waals surface area contributed by atoms with E-state index < -0.39 is 0 Å². The van der Waals surface area contributed by atoms with Gasteiger partial charge in [-0.2, -0.15) is 0 Å². The van der Waals surface area contributed by atoms with Gasteiger partial charge in [-0.3, -0.25) is 4.98 Å². The van der Waals surface area contributed by atoms with E-state index in [1.807, 2.05) is 18.3 Å². The first-order valence-corrected chi connectivity index (χ1v) is 6.59. The molecule has 0 saturated heterocycles. The topological polar surface area (TPSA) is 38.9 Å². The van der Waals surface area contributed by atoms with Crippen LogP contribution in [0.2, 0.25) is 5.02 Å². The molecule has 1 aliphatic rings. The number of aryl methyl sites for hydroxylation is 1. The van der Waals surface area contributed by atoms with Crippen molar-refractivity contribution < 1.29 is 0 Å². The molecule has 0 amide bonds. The molecule has 0 saturated carbocycles. The van der Waals surface area contributed by atoms with E-state index in [1.165, 1.54) is 16.8 Å². The lowest BCUT2D eigenvalue weighted by molar-refractivity contribution is 0.770. The lowest BCUT2D eigenvalue weighted by atomic mass is 9.95. The van der Waals surface area contributed by atoms with Crippen molar-refractivity contribution >= 4 is 11.6 Å².